The Kier molecular flexibility index (Phi) is 9.63. The second kappa shape index (κ2) is 10.1. The number of benzene rings is 1. The molecule has 0 aromatic heterocycles. The fourth-order valence-electron chi connectivity index (χ4n) is 1.46. The molecule has 98 valence electrons. The van der Waals surface area contributed by atoms with E-state index in [0.29, 0.717) is 10.1 Å². The van der Waals surface area contributed by atoms with Crippen molar-refractivity contribution in [2.24, 2.45) is 11.8 Å². The monoisotopic (exact) mass is 279 g/mol. The summed E-state index contributed by atoms with van der Waals surface area (Å²) in [5, 5.41) is 8.52. The molecule has 1 aromatic rings. The van der Waals surface area contributed by atoms with Crippen molar-refractivity contribution in [3.05, 3.63) is 35.9 Å². The minimum atomic E-state index is 0.282. The summed E-state index contributed by atoms with van der Waals surface area (Å²) in [6.07, 6.45) is 2.04. The van der Waals surface area contributed by atoms with Gasteiger partial charge in [-0.25, -0.2) is 0 Å². The highest BCUT2D eigenvalue weighted by Crippen LogP contribution is 2.13. The molecular weight excluding hydrogens is 258 g/mol. The normalized spacial score (nSPS) is 11.1. The Labute approximate surface area is 122 Å². The Balaban J connectivity index is 0.000000321. The van der Waals surface area contributed by atoms with Crippen LogP contribution in [0.1, 0.15) is 39.2 Å². The summed E-state index contributed by atoms with van der Waals surface area (Å²) in [5.74, 6) is 0.944. The van der Waals surface area contributed by atoms with Crippen molar-refractivity contribution in [1.82, 2.24) is 0 Å². The van der Waals surface area contributed by atoms with E-state index in [4.69, 9.17) is 17.5 Å². The molecule has 0 aliphatic carbocycles. The molecule has 0 aliphatic heterocycles. The molecule has 0 saturated carbocycles. The molecule has 0 radical (unpaired) electrons. The third kappa shape index (κ3) is 8.27. The van der Waals surface area contributed by atoms with Gasteiger partial charge in [0.2, 0.25) is 0 Å². The molecule has 0 amide bonds. The van der Waals surface area contributed by atoms with Gasteiger partial charge in [0.05, 0.1) is 10.3 Å². The Hall–Kier alpha value is -0.850. The van der Waals surface area contributed by atoms with E-state index in [-0.39, 0.29) is 5.92 Å². The molecule has 0 N–H and O–H groups in total. The standard InChI is InChI=1S/C8H15N.C7H6S2/c1-4-8(6-9)5-7(2)3;8-7(9)6-4-2-1-3-5-6/h7-8H,4-5H2,1-3H3;1-5H,(H,8,9). The van der Waals surface area contributed by atoms with Crippen LogP contribution in [0.4, 0.5) is 0 Å². The number of thiol groups is 1. The molecule has 0 aliphatic rings. The second-order valence-electron chi connectivity index (χ2n) is 4.53. The smallest absolute Gasteiger partial charge is 0.0747 e. The first-order valence-corrected chi connectivity index (χ1v) is 7.04. The minimum absolute atomic E-state index is 0.282. The lowest BCUT2D eigenvalue weighted by atomic mass is 9.96. The van der Waals surface area contributed by atoms with E-state index in [1.165, 1.54) is 0 Å². The lowest BCUT2D eigenvalue weighted by molar-refractivity contribution is 0.473. The average molecular weight is 279 g/mol. The zero-order valence-electron chi connectivity index (χ0n) is 11.3. The van der Waals surface area contributed by atoms with E-state index in [9.17, 15) is 0 Å². The van der Waals surface area contributed by atoms with Gasteiger partial charge in [-0.1, -0.05) is 63.3 Å². The fraction of sp³-hybridized carbons (Fsp3) is 0.467. The maximum absolute atomic E-state index is 8.52. The summed E-state index contributed by atoms with van der Waals surface area (Å²) in [4.78, 5) is 0. The Morgan fingerprint density at radius 2 is 1.89 bits per heavy atom. The molecule has 1 unspecified atom stereocenters. The van der Waals surface area contributed by atoms with Crippen molar-refractivity contribution in [2.45, 2.75) is 33.6 Å². The van der Waals surface area contributed by atoms with Gasteiger partial charge in [-0.3, -0.25) is 0 Å². The zero-order chi connectivity index (χ0) is 14.0. The van der Waals surface area contributed by atoms with Crippen LogP contribution < -0.4 is 0 Å². The van der Waals surface area contributed by atoms with Gasteiger partial charge in [-0.2, -0.15) is 5.26 Å². The number of nitrogens with zero attached hydrogens (tertiary/aromatic N) is 1. The average Bonchev–Trinajstić information content (AvgIpc) is 2.37. The molecule has 3 heteroatoms. The molecule has 0 spiro atoms. The zero-order valence-corrected chi connectivity index (χ0v) is 13.0. The first kappa shape index (κ1) is 17.2. The topological polar surface area (TPSA) is 23.8 Å². The van der Waals surface area contributed by atoms with Gasteiger partial charge in [-0.05, 0) is 24.3 Å². The van der Waals surface area contributed by atoms with Crippen molar-refractivity contribution in [3.63, 3.8) is 0 Å². The summed E-state index contributed by atoms with van der Waals surface area (Å²) in [6, 6.07) is 12.0. The van der Waals surface area contributed by atoms with Crippen LogP contribution in [0.15, 0.2) is 30.3 Å². The molecule has 1 nitrogen and oxygen atoms in total. The third-order valence-electron chi connectivity index (χ3n) is 2.45. The number of hydrogen-bond acceptors (Lipinski definition) is 2. The largest absolute Gasteiger partial charge is 0.198 e. The van der Waals surface area contributed by atoms with Gasteiger partial charge in [0.1, 0.15) is 0 Å². The highest BCUT2D eigenvalue weighted by atomic mass is 32.1. The van der Waals surface area contributed by atoms with Crippen LogP contribution in [0.3, 0.4) is 0 Å². The van der Waals surface area contributed by atoms with Crippen LogP contribution in [-0.2, 0) is 0 Å². The van der Waals surface area contributed by atoms with Crippen molar-refractivity contribution in [3.8, 4) is 6.07 Å². The third-order valence-corrected chi connectivity index (χ3v) is 2.95. The maximum Gasteiger partial charge on any atom is 0.0747 e. The van der Waals surface area contributed by atoms with Crippen LogP contribution >= 0.6 is 24.8 Å². The Morgan fingerprint density at radius 1 is 1.33 bits per heavy atom. The molecule has 0 bridgehead atoms. The SMILES string of the molecule is CCC(C#N)CC(C)C.S=C(S)c1ccccc1. The molecule has 1 rings (SSSR count). The summed E-state index contributed by atoms with van der Waals surface area (Å²) in [6.45, 7) is 6.37. The molecule has 0 fully saturated rings. The number of nitriles is 1. The van der Waals surface area contributed by atoms with Crippen molar-refractivity contribution < 1.29 is 0 Å². The van der Waals surface area contributed by atoms with E-state index < -0.39 is 0 Å². The van der Waals surface area contributed by atoms with E-state index in [2.05, 4.69) is 39.5 Å². The van der Waals surface area contributed by atoms with Gasteiger partial charge in [-0.15, -0.1) is 12.6 Å². The summed E-state index contributed by atoms with van der Waals surface area (Å²) in [5.41, 5.74) is 1.01. The summed E-state index contributed by atoms with van der Waals surface area (Å²) >= 11 is 8.85. The number of rotatable bonds is 4. The second-order valence-corrected chi connectivity index (χ2v) is 5.69. The molecular formula is C15H21NS2. The first-order chi connectivity index (χ1) is 8.51. The van der Waals surface area contributed by atoms with E-state index >= 15 is 0 Å². The highest BCUT2D eigenvalue weighted by molar-refractivity contribution is 8.11. The van der Waals surface area contributed by atoms with Gasteiger partial charge >= 0.3 is 0 Å². The molecule has 0 saturated heterocycles. The summed E-state index contributed by atoms with van der Waals surface area (Å²) in [7, 11) is 0. The lowest BCUT2D eigenvalue weighted by Crippen LogP contribution is -1.99. The number of thiocarbonyl (C=S) groups is 1. The van der Waals surface area contributed by atoms with Crippen LogP contribution in [0.5, 0.6) is 0 Å². The predicted molar refractivity (Wildman–Crippen MR) is 86.0 cm³/mol. The van der Waals surface area contributed by atoms with E-state index in [1.54, 1.807) is 0 Å². The number of hydrogen-bond donors (Lipinski definition) is 1. The Morgan fingerprint density at radius 3 is 2.11 bits per heavy atom. The quantitative estimate of drug-likeness (QED) is 0.627. The highest BCUT2D eigenvalue weighted by Gasteiger charge is 2.05. The molecule has 1 aromatic carbocycles. The van der Waals surface area contributed by atoms with Gasteiger partial charge in [0.25, 0.3) is 0 Å². The maximum atomic E-state index is 8.52. The predicted octanol–water partition coefficient (Wildman–Crippen LogP) is 4.87. The van der Waals surface area contributed by atoms with Crippen molar-refractivity contribution in [2.75, 3.05) is 0 Å². The Bertz CT molecular complexity index is 379. The fourth-order valence-corrected chi connectivity index (χ4v) is 1.75. The van der Waals surface area contributed by atoms with E-state index in [1.807, 2.05) is 30.3 Å². The molecule has 18 heavy (non-hydrogen) atoms. The molecule has 1 atom stereocenters. The molecule has 0 heterocycles. The lowest BCUT2D eigenvalue weighted by Gasteiger charge is -2.07. The van der Waals surface area contributed by atoms with Gasteiger partial charge < -0.3 is 0 Å². The van der Waals surface area contributed by atoms with Crippen LogP contribution in [-0.4, -0.2) is 4.20 Å². The summed E-state index contributed by atoms with van der Waals surface area (Å²) < 4.78 is 0.649. The minimum Gasteiger partial charge on any atom is -0.198 e. The van der Waals surface area contributed by atoms with Gasteiger partial charge in [0, 0.05) is 5.92 Å². The van der Waals surface area contributed by atoms with Crippen molar-refractivity contribution in [1.29, 1.82) is 5.26 Å². The van der Waals surface area contributed by atoms with Crippen molar-refractivity contribution >= 4 is 29.0 Å². The van der Waals surface area contributed by atoms with Crippen LogP contribution in [0.25, 0.3) is 0 Å². The van der Waals surface area contributed by atoms with Crippen LogP contribution in [0, 0.1) is 23.2 Å². The van der Waals surface area contributed by atoms with E-state index in [0.717, 1.165) is 18.4 Å². The van der Waals surface area contributed by atoms with Crippen LogP contribution in [0.2, 0.25) is 0 Å². The van der Waals surface area contributed by atoms with Gasteiger partial charge in [0.15, 0.2) is 0 Å². The first-order valence-electron chi connectivity index (χ1n) is 6.19.